The molecule has 1 heterocycles. The van der Waals surface area contributed by atoms with Crippen molar-refractivity contribution in [1.82, 2.24) is 9.78 Å². The van der Waals surface area contributed by atoms with Crippen molar-refractivity contribution < 1.29 is 5.11 Å². The van der Waals surface area contributed by atoms with Gasteiger partial charge in [0.05, 0.1) is 5.69 Å². The van der Waals surface area contributed by atoms with Crippen molar-refractivity contribution in [2.24, 2.45) is 7.05 Å². The molecular weight excluding hydrogens is 116 g/mol. The summed E-state index contributed by atoms with van der Waals surface area (Å²) in [5.41, 5.74) is 1.74. The van der Waals surface area contributed by atoms with Crippen LogP contribution in [0.25, 0.3) is 0 Å². The molecule has 0 aliphatic rings. The normalized spacial score (nSPS) is 10.1. The van der Waals surface area contributed by atoms with Crippen molar-refractivity contribution in [1.29, 1.82) is 0 Å². The van der Waals surface area contributed by atoms with Gasteiger partial charge in [0.1, 0.15) is 0 Å². The van der Waals surface area contributed by atoms with Gasteiger partial charge in [-0.3, -0.25) is 0 Å². The average Bonchev–Trinajstić information content (AvgIpc) is 1.98. The van der Waals surface area contributed by atoms with Gasteiger partial charge in [-0.1, -0.05) is 0 Å². The predicted molar refractivity (Wildman–Crippen MR) is 34.3 cm³/mol. The topological polar surface area (TPSA) is 38.0 Å². The standard InChI is InChI=1S/C6H10N2O/c1-4-5(2)7-8(3)6(4)9/h9H,1-3H3. The van der Waals surface area contributed by atoms with Gasteiger partial charge in [-0.15, -0.1) is 0 Å². The first-order valence-corrected chi connectivity index (χ1v) is 2.82. The highest BCUT2D eigenvalue weighted by Gasteiger charge is 2.04. The summed E-state index contributed by atoms with van der Waals surface area (Å²) < 4.78 is 1.46. The Morgan fingerprint density at radius 1 is 1.44 bits per heavy atom. The number of aryl methyl sites for hydroxylation is 2. The van der Waals surface area contributed by atoms with Gasteiger partial charge >= 0.3 is 0 Å². The third-order valence-corrected chi connectivity index (χ3v) is 1.48. The molecule has 0 saturated carbocycles. The molecule has 1 aromatic rings. The summed E-state index contributed by atoms with van der Waals surface area (Å²) in [5.74, 6) is 0.257. The van der Waals surface area contributed by atoms with Crippen LogP contribution in [0.15, 0.2) is 0 Å². The Labute approximate surface area is 53.9 Å². The summed E-state index contributed by atoms with van der Waals surface area (Å²) in [6.45, 7) is 3.72. The average molecular weight is 126 g/mol. The van der Waals surface area contributed by atoms with Crippen LogP contribution in [0.3, 0.4) is 0 Å². The molecule has 0 aliphatic carbocycles. The van der Waals surface area contributed by atoms with E-state index in [1.807, 2.05) is 13.8 Å². The minimum absolute atomic E-state index is 0.257. The van der Waals surface area contributed by atoms with E-state index in [4.69, 9.17) is 5.11 Å². The van der Waals surface area contributed by atoms with Crippen molar-refractivity contribution in [3.63, 3.8) is 0 Å². The zero-order chi connectivity index (χ0) is 7.02. The Balaban J connectivity index is 3.29. The van der Waals surface area contributed by atoms with Crippen LogP contribution in [0.5, 0.6) is 5.88 Å². The third kappa shape index (κ3) is 0.781. The fourth-order valence-electron chi connectivity index (χ4n) is 0.752. The molecule has 0 atom stereocenters. The van der Waals surface area contributed by atoms with Crippen LogP contribution in [-0.2, 0) is 7.05 Å². The van der Waals surface area contributed by atoms with Crippen molar-refractivity contribution >= 4 is 0 Å². The molecule has 0 unspecified atom stereocenters. The van der Waals surface area contributed by atoms with E-state index in [0.29, 0.717) is 0 Å². The zero-order valence-corrected chi connectivity index (χ0v) is 5.84. The molecule has 0 aromatic carbocycles. The Kier molecular flexibility index (Phi) is 1.20. The van der Waals surface area contributed by atoms with Gasteiger partial charge in [0.25, 0.3) is 0 Å². The number of hydrogen-bond acceptors (Lipinski definition) is 2. The molecular formula is C6H10N2O. The monoisotopic (exact) mass is 126 g/mol. The number of aromatic hydroxyl groups is 1. The minimum Gasteiger partial charge on any atom is -0.493 e. The Bertz CT molecular complexity index is 205. The van der Waals surface area contributed by atoms with Gasteiger partial charge in [-0.2, -0.15) is 5.10 Å². The highest BCUT2D eigenvalue weighted by atomic mass is 16.3. The number of aromatic nitrogens is 2. The first kappa shape index (κ1) is 6.13. The van der Waals surface area contributed by atoms with Crippen LogP contribution >= 0.6 is 0 Å². The predicted octanol–water partition coefficient (Wildman–Crippen LogP) is 0.743. The van der Waals surface area contributed by atoms with Crippen LogP contribution in [0.1, 0.15) is 11.3 Å². The number of hydrogen-bond donors (Lipinski definition) is 1. The zero-order valence-electron chi connectivity index (χ0n) is 5.84. The van der Waals surface area contributed by atoms with E-state index in [-0.39, 0.29) is 5.88 Å². The molecule has 1 N–H and O–H groups in total. The molecule has 1 rings (SSSR count). The van der Waals surface area contributed by atoms with Gasteiger partial charge in [0, 0.05) is 12.6 Å². The van der Waals surface area contributed by atoms with Gasteiger partial charge in [0.15, 0.2) is 0 Å². The number of rotatable bonds is 0. The highest BCUT2D eigenvalue weighted by molar-refractivity contribution is 5.27. The molecule has 0 spiro atoms. The maximum Gasteiger partial charge on any atom is 0.212 e. The van der Waals surface area contributed by atoms with E-state index in [1.54, 1.807) is 7.05 Å². The van der Waals surface area contributed by atoms with Crippen LogP contribution < -0.4 is 0 Å². The van der Waals surface area contributed by atoms with Crippen molar-refractivity contribution in [3.8, 4) is 5.88 Å². The van der Waals surface area contributed by atoms with E-state index in [9.17, 15) is 0 Å². The van der Waals surface area contributed by atoms with E-state index >= 15 is 0 Å². The lowest BCUT2D eigenvalue weighted by molar-refractivity contribution is 0.416. The van der Waals surface area contributed by atoms with Crippen molar-refractivity contribution in [3.05, 3.63) is 11.3 Å². The van der Waals surface area contributed by atoms with Gasteiger partial charge in [-0.05, 0) is 13.8 Å². The Hall–Kier alpha value is -0.990. The van der Waals surface area contributed by atoms with Gasteiger partial charge < -0.3 is 5.11 Å². The summed E-state index contributed by atoms with van der Waals surface area (Å²) in [4.78, 5) is 0. The molecule has 9 heavy (non-hydrogen) atoms. The molecule has 0 saturated heterocycles. The molecule has 0 amide bonds. The quantitative estimate of drug-likeness (QED) is 0.556. The van der Waals surface area contributed by atoms with E-state index < -0.39 is 0 Å². The van der Waals surface area contributed by atoms with E-state index in [2.05, 4.69) is 5.10 Å². The van der Waals surface area contributed by atoms with Gasteiger partial charge in [-0.25, -0.2) is 4.68 Å². The fourth-order valence-corrected chi connectivity index (χ4v) is 0.752. The third-order valence-electron chi connectivity index (χ3n) is 1.48. The lowest BCUT2D eigenvalue weighted by Crippen LogP contribution is -1.88. The second kappa shape index (κ2) is 1.76. The van der Waals surface area contributed by atoms with Crippen molar-refractivity contribution in [2.75, 3.05) is 0 Å². The van der Waals surface area contributed by atoms with Gasteiger partial charge in [0.2, 0.25) is 5.88 Å². The first-order valence-electron chi connectivity index (χ1n) is 2.82. The molecule has 1 aromatic heterocycles. The fraction of sp³-hybridized carbons (Fsp3) is 0.500. The van der Waals surface area contributed by atoms with Crippen LogP contribution in [-0.4, -0.2) is 14.9 Å². The summed E-state index contributed by atoms with van der Waals surface area (Å²) in [5, 5.41) is 13.1. The summed E-state index contributed by atoms with van der Waals surface area (Å²) in [6.07, 6.45) is 0. The first-order chi connectivity index (χ1) is 4.13. The smallest absolute Gasteiger partial charge is 0.212 e. The number of nitrogens with zero attached hydrogens (tertiary/aromatic N) is 2. The summed E-state index contributed by atoms with van der Waals surface area (Å²) in [6, 6.07) is 0. The molecule has 0 aliphatic heterocycles. The van der Waals surface area contributed by atoms with Crippen LogP contribution in [0.4, 0.5) is 0 Å². The Morgan fingerprint density at radius 2 is 2.00 bits per heavy atom. The minimum atomic E-state index is 0.257. The second-order valence-corrected chi connectivity index (χ2v) is 2.16. The van der Waals surface area contributed by atoms with Crippen molar-refractivity contribution in [2.45, 2.75) is 13.8 Å². The van der Waals surface area contributed by atoms with Crippen LogP contribution in [0.2, 0.25) is 0 Å². The molecule has 50 valence electrons. The maximum absolute atomic E-state index is 9.13. The molecule has 0 radical (unpaired) electrons. The van der Waals surface area contributed by atoms with E-state index in [1.165, 1.54) is 4.68 Å². The molecule has 3 heteroatoms. The maximum atomic E-state index is 9.13. The lowest BCUT2D eigenvalue weighted by Gasteiger charge is -1.89. The van der Waals surface area contributed by atoms with E-state index in [0.717, 1.165) is 11.3 Å². The lowest BCUT2D eigenvalue weighted by atomic mass is 10.3. The Morgan fingerprint density at radius 3 is 2.11 bits per heavy atom. The second-order valence-electron chi connectivity index (χ2n) is 2.16. The van der Waals surface area contributed by atoms with Crippen LogP contribution in [0, 0.1) is 13.8 Å². The largest absolute Gasteiger partial charge is 0.493 e. The molecule has 3 nitrogen and oxygen atoms in total. The summed E-state index contributed by atoms with van der Waals surface area (Å²) >= 11 is 0. The SMILES string of the molecule is Cc1nn(C)c(O)c1C. The summed E-state index contributed by atoms with van der Waals surface area (Å²) in [7, 11) is 1.72. The molecule has 0 bridgehead atoms. The highest BCUT2D eigenvalue weighted by Crippen LogP contribution is 2.16. The molecule has 0 fully saturated rings.